The lowest BCUT2D eigenvalue weighted by Crippen LogP contribution is -2.39. The summed E-state index contributed by atoms with van der Waals surface area (Å²) >= 11 is 6.15. The Labute approximate surface area is 202 Å². The molecule has 1 N–H and O–H groups in total. The number of anilines is 2. The third-order valence-electron chi connectivity index (χ3n) is 5.71. The molecule has 4 aromatic rings. The van der Waals surface area contributed by atoms with Gasteiger partial charge < -0.3 is 14.5 Å². The van der Waals surface area contributed by atoms with E-state index in [4.69, 9.17) is 26.2 Å². The number of ether oxygens (including phenoxy) is 2. The van der Waals surface area contributed by atoms with Crippen molar-refractivity contribution in [2.24, 2.45) is 5.10 Å². The van der Waals surface area contributed by atoms with Gasteiger partial charge in [-0.25, -0.2) is 9.80 Å². The highest BCUT2D eigenvalue weighted by atomic mass is 35.5. The number of H-pyrrole nitrogens is 1. The zero-order valence-electron chi connectivity index (χ0n) is 18.7. The molecule has 1 aromatic heterocycles. The monoisotopic (exact) mass is 474 g/mol. The molecule has 0 aliphatic carbocycles. The van der Waals surface area contributed by atoms with E-state index < -0.39 is 12.1 Å². The fourth-order valence-corrected chi connectivity index (χ4v) is 4.27. The van der Waals surface area contributed by atoms with Crippen molar-refractivity contribution in [3.8, 4) is 5.75 Å². The van der Waals surface area contributed by atoms with Crippen LogP contribution in [0.1, 0.15) is 18.7 Å². The van der Waals surface area contributed by atoms with Crippen molar-refractivity contribution in [3.63, 3.8) is 0 Å². The van der Waals surface area contributed by atoms with Crippen molar-refractivity contribution in [2.45, 2.75) is 13.1 Å². The normalized spacial score (nSPS) is 15.5. The summed E-state index contributed by atoms with van der Waals surface area (Å²) in [7, 11) is 1.62. The fourth-order valence-electron chi connectivity index (χ4n) is 4.14. The number of carbonyl (C=O) groups is 1. The fraction of sp³-hybridized carbons (Fsp3) is 0.154. The molecule has 8 heteroatoms. The Bertz CT molecular complexity index is 1350. The maximum absolute atomic E-state index is 13.1. The highest BCUT2D eigenvalue weighted by molar-refractivity contribution is 6.42. The molecule has 3 aromatic carbocycles. The van der Waals surface area contributed by atoms with E-state index in [1.54, 1.807) is 26.2 Å². The molecule has 0 unspecified atom stereocenters. The van der Waals surface area contributed by atoms with Crippen LogP contribution in [-0.4, -0.2) is 30.5 Å². The second kappa shape index (κ2) is 9.11. The van der Waals surface area contributed by atoms with Crippen LogP contribution in [0, 0.1) is 0 Å². The number of carbonyl (C=O) groups excluding carboxylic acids is 1. The quantitative estimate of drug-likeness (QED) is 0.361. The zero-order valence-corrected chi connectivity index (χ0v) is 19.5. The number of hydrogen-bond donors (Lipinski definition) is 1. The SMILES string of the molecule is CCOC(=O)C1=NN(c2ccc(Cl)cc2)[C@@H](c2c[nH]c3ccccc23)N1c1ccc(OC)cc1. The lowest BCUT2D eigenvalue weighted by atomic mass is 10.1. The molecule has 172 valence electrons. The van der Waals surface area contributed by atoms with Crippen molar-refractivity contribution in [2.75, 3.05) is 23.6 Å². The highest BCUT2D eigenvalue weighted by Gasteiger charge is 2.42. The molecular formula is C26H23ClN4O3. The number of hydrogen-bond acceptors (Lipinski definition) is 6. The minimum Gasteiger partial charge on any atom is -0.497 e. The average Bonchev–Trinajstić information content (AvgIpc) is 3.46. The van der Waals surface area contributed by atoms with Gasteiger partial charge in [-0.2, -0.15) is 0 Å². The summed E-state index contributed by atoms with van der Waals surface area (Å²) in [5, 5.41) is 8.24. The van der Waals surface area contributed by atoms with Crippen LogP contribution < -0.4 is 14.6 Å². The third-order valence-corrected chi connectivity index (χ3v) is 5.96. The standard InChI is InChI=1S/C26H23ClN4O3/c1-3-34-26(32)24-29-31(19-10-8-17(27)9-11-19)25(22-16-28-23-7-5-4-6-21(22)23)30(24)18-12-14-20(33-2)15-13-18/h4-16,25,28H,3H2,1-2H3/t25-/m0/s1. The average molecular weight is 475 g/mol. The van der Waals surface area contributed by atoms with Crippen LogP contribution in [-0.2, 0) is 9.53 Å². The molecule has 5 rings (SSSR count). The van der Waals surface area contributed by atoms with E-state index >= 15 is 0 Å². The van der Waals surface area contributed by atoms with E-state index in [9.17, 15) is 4.79 Å². The summed E-state index contributed by atoms with van der Waals surface area (Å²) in [5.74, 6) is 0.410. The van der Waals surface area contributed by atoms with E-state index in [0.29, 0.717) is 5.02 Å². The number of amidine groups is 1. The minimum atomic E-state index is -0.500. The first-order valence-corrected chi connectivity index (χ1v) is 11.3. The molecule has 34 heavy (non-hydrogen) atoms. The first-order valence-electron chi connectivity index (χ1n) is 10.9. The summed E-state index contributed by atoms with van der Waals surface area (Å²) in [5.41, 5.74) is 3.52. The van der Waals surface area contributed by atoms with E-state index in [1.807, 2.05) is 70.7 Å². The van der Waals surface area contributed by atoms with Crippen LogP contribution in [0.4, 0.5) is 11.4 Å². The largest absolute Gasteiger partial charge is 0.497 e. The van der Waals surface area contributed by atoms with Crippen LogP contribution in [0.15, 0.2) is 84.1 Å². The van der Waals surface area contributed by atoms with Crippen LogP contribution >= 0.6 is 11.6 Å². The van der Waals surface area contributed by atoms with E-state index in [-0.39, 0.29) is 12.4 Å². The molecule has 1 atom stereocenters. The number of aromatic nitrogens is 1. The van der Waals surface area contributed by atoms with Gasteiger partial charge in [0.2, 0.25) is 5.84 Å². The highest BCUT2D eigenvalue weighted by Crippen LogP contribution is 2.42. The van der Waals surface area contributed by atoms with Crippen LogP contribution in [0.3, 0.4) is 0 Å². The van der Waals surface area contributed by atoms with Gasteiger partial charge in [0, 0.05) is 33.4 Å². The maximum Gasteiger partial charge on any atom is 0.376 e. The smallest absolute Gasteiger partial charge is 0.376 e. The van der Waals surface area contributed by atoms with Gasteiger partial charge in [0.05, 0.1) is 19.4 Å². The molecule has 0 saturated carbocycles. The number of rotatable bonds is 6. The third kappa shape index (κ3) is 3.84. The van der Waals surface area contributed by atoms with Crippen LogP contribution in [0.5, 0.6) is 5.75 Å². The first-order chi connectivity index (χ1) is 16.6. The van der Waals surface area contributed by atoms with Gasteiger partial charge in [0.25, 0.3) is 0 Å². The van der Waals surface area contributed by atoms with Gasteiger partial charge >= 0.3 is 5.97 Å². The molecule has 0 bridgehead atoms. The number of para-hydroxylation sites is 1. The summed E-state index contributed by atoms with van der Waals surface area (Å²) in [6.45, 7) is 2.02. The maximum atomic E-state index is 13.1. The predicted octanol–water partition coefficient (Wildman–Crippen LogP) is 5.73. The van der Waals surface area contributed by atoms with Gasteiger partial charge in [0.15, 0.2) is 6.17 Å². The molecule has 7 nitrogen and oxygen atoms in total. The van der Waals surface area contributed by atoms with Crippen molar-refractivity contribution in [1.82, 2.24) is 4.98 Å². The van der Waals surface area contributed by atoms with E-state index in [2.05, 4.69) is 11.1 Å². The van der Waals surface area contributed by atoms with Gasteiger partial charge in [-0.15, -0.1) is 5.10 Å². The molecular weight excluding hydrogens is 452 g/mol. The minimum absolute atomic E-state index is 0.192. The van der Waals surface area contributed by atoms with Crippen molar-refractivity contribution in [3.05, 3.63) is 89.6 Å². The second-order valence-corrected chi connectivity index (χ2v) is 8.13. The molecule has 1 aliphatic rings. The summed E-state index contributed by atoms with van der Waals surface area (Å²) in [6.07, 6.45) is 1.50. The summed E-state index contributed by atoms with van der Waals surface area (Å²) in [4.78, 5) is 18.3. The summed E-state index contributed by atoms with van der Waals surface area (Å²) < 4.78 is 10.7. The lowest BCUT2D eigenvalue weighted by Gasteiger charge is -2.31. The van der Waals surface area contributed by atoms with Crippen molar-refractivity contribution < 1.29 is 14.3 Å². The van der Waals surface area contributed by atoms with Gasteiger partial charge in [0.1, 0.15) is 5.75 Å². The first kappa shape index (κ1) is 21.9. The number of esters is 1. The van der Waals surface area contributed by atoms with Crippen LogP contribution in [0.2, 0.25) is 5.02 Å². The Hall–Kier alpha value is -3.97. The van der Waals surface area contributed by atoms with Gasteiger partial charge in [-0.05, 0) is 61.5 Å². The Morgan fingerprint density at radius 3 is 2.44 bits per heavy atom. The number of aromatic amines is 1. The van der Waals surface area contributed by atoms with Gasteiger partial charge in [-0.1, -0.05) is 29.8 Å². The van der Waals surface area contributed by atoms with Gasteiger partial charge in [-0.3, -0.25) is 4.90 Å². The molecule has 0 fully saturated rings. The second-order valence-electron chi connectivity index (χ2n) is 7.70. The molecule has 2 heterocycles. The zero-order chi connectivity index (χ0) is 23.7. The molecule has 0 radical (unpaired) electrons. The Kier molecular flexibility index (Phi) is 5.86. The van der Waals surface area contributed by atoms with Crippen LogP contribution in [0.25, 0.3) is 10.9 Å². The molecule has 0 amide bonds. The number of nitrogens with one attached hydrogen (secondary N) is 1. The predicted molar refractivity (Wildman–Crippen MR) is 135 cm³/mol. The van der Waals surface area contributed by atoms with Crippen molar-refractivity contribution >= 4 is 45.7 Å². The molecule has 0 spiro atoms. The topological polar surface area (TPSA) is 70.2 Å². The number of fused-ring (bicyclic) bond motifs is 1. The number of hydrazone groups is 1. The number of methoxy groups -OCH3 is 1. The Morgan fingerprint density at radius 1 is 1.03 bits per heavy atom. The number of halogens is 1. The molecule has 1 aliphatic heterocycles. The summed E-state index contributed by atoms with van der Waals surface area (Å²) in [6, 6.07) is 22.9. The Morgan fingerprint density at radius 2 is 1.74 bits per heavy atom. The molecule has 0 saturated heterocycles. The van der Waals surface area contributed by atoms with Crippen molar-refractivity contribution in [1.29, 1.82) is 0 Å². The van der Waals surface area contributed by atoms with E-state index in [0.717, 1.165) is 33.6 Å². The Balaban J connectivity index is 1.71. The van der Waals surface area contributed by atoms with E-state index in [1.165, 1.54) is 0 Å². The number of benzene rings is 3. The number of nitrogens with zero attached hydrogens (tertiary/aromatic N) is 3. The lowest BCUT2D eigenvalue weighted by molar-refractivity contribution is -0.135.